The molecule has 0 unspecified atom stereocenters. The van der Waals surface area contributed by atoms with Crippen LogP contribution in [0.15, 0.2) is 66.7 Å². The van der Waals surface area contributed by atoms with Crippen LogP contribution < -0.4 is 9.47 Å². The van der Waals surface area contributed by atoms with Gasteiger partial charge in [0, 0.05) is 11.1 Å². The highest BCUT2D eigenvalue weighted by Crippen LogP contribution is 2.16. The molecule has 7 heteroatoms. The summed E-state index contributed by atoms with van der Waals surface area (Å²) in [4.78, 5) is 53.9. The predicted molar refractivity (Wildman–Crippen MR) is 117 cm³/mol. The fraction of sp³-hybridized carbons (Fsp3) is 0.160. The molecular formula is C25H21NO6. The lowest BCUT2D eigenvalue weighted by molar-refractivity contribution is 0.0882. The van der Waals surface area contributed by atoms with Crippen molar-refractivity contribution < 1.29 is 28.7 Å². The molecule has 0 N–H and O–H groups in total. The van der Waals surface area contributed by atoms with Gasteiger partial charge < -0.3 is 9.47 Å². The van der Waals surface area contributed by atoms with Crippen LogP contribution in [0.1, 0.15) is 54.5 Å². The van der Waals surface area contributed by atoms with Crippen LogP contribution in [0.2, 0.25) is 0 Å². The molecule has 32 heavy (non-hydrogen) atoms. The molecule has 0 aliphatic carbocycles. The van der Waals surface area contributed by atoms with Crippen molar-refractivity contribution in [3.8, 4) is 11.5 Å². The quantitative estimate of drug-likeness (QED) is 0.353. The Labute approximate surface area is 185 Å². The summed E-state index contributed by atoms with van der Waals surface area (Å²) >= 11 is 0. The highest BCUT2D eigenvalue weighted by molar-refractivity contribution is 6.14. The fourth-order valence-electron chi connectivity index (χ4n) is 2.98. The predicted octanol–water partition coefficient (Wildman–Crippen LogP) is 4.01. The molecule has 0 amide bonds. The minimum absolute atomic E-state index is 0.00499. The number of ketones is 4. The van der Waals surface area contributed by atoms with Gasteiger partial charge in [-0.1, -0.05) is 6.07 Å². The monoisotopic (exact) mass is 431 g/mol. The molecule has 2 aromatic carbocycles. The van der Waals surface area contributed by atoms with Crippen LogP contribution >= 0.6 is 0 Å². The van der Waals surface area contributed by atoms with Crippen molar-refractivity contribution >= 4 is 23.1 Å². The molecule has 0 radical (unpaired) electrons. The SMILES string of the molecule is COc1ccc(C(=O)CC(=O)c2cccc(C(=O)CC(=O)c3ccc(OC)cc3)n2)cc1. The van der Waals surface area contributed by atoms with Crippen LogP contribution in [0.5, 0.6) is 11.5 Å². The summed E-state index contributed by atoms with van der Waals surface area (Å²) in [6.07, 6.45) is -0.774. The van der Waals surface area contributed by atoms with Crippen molar-refractivity contribution in [3.05, 3.63) is 89.2 Å². The topological polar surface area (TPSA) is 99.6 Å². The number of pyridine rings is 1. The molecule has 0 aliphatic rings. The number of rotatable bonds is 10. The molecule has 0 fully saturated rings. The Hall–Kier alpha value is -4.13. The van der Waals surface area contributed by atoms with Gasteiger partial charge in [-0.25, -0.2) is 4.98 Å². The van der Waals surface area contributed by atoms with Gasteiger partial charge in [-0.3, -0.25) is 19.2 Å². The van der Waals surface area contributed by atoms with Crippen LogP contribution in [0.3, 0.4) is 0 Å². The summed E-state index contributed by atoms with van der Waals surface area (Å²) < 4.78 is 10.1. The second kappa shape index (κ2) is 10.3. The third kappa shape index (κ3) is 5.51. The van der Waals surface area contributed by atoms with Crippen molar-refractivity contribution in [2.24, 2.45) is 0 Å². The maximum Gasteiger partial charge on any atom is 0.188 e. The van der Waals surface area contributed by atoms with Crippen LogP contribution in [0, 0.1) is 0 Å². The molecule has 0 bridgehead atoms. The molecule has 3 rings (SSSR count). The van der Waals surface area contributed by atoms with Crippen molar-refractivity contribution in [3.63, 3.8) is 0 Å². The Morgan fingerprint density at radius 1 is 0.594 bits per heavy atom. The van der Waals surface area contributed by atoms with Gasteiger partial charge in [0.1, 0.15) is 22.9 Å². The number of benzene rings is 2. The summed E-state index contributed by atoms with van der Waals surface area (Å²) in [5, 5.41) is 0. The zero-order chi connectivity index (χ0) is 23.1. The van der Waals surface area contributed by atoms with E-state index in [1.165, 1.54) is 32.4 Å². The zero-order valence-corrected chi connectivity index (χ0v) is 17.7. The van der Waals surface area contributed by atoms with E-state index in [1.807, 2.05) is 0 Å². The van der Waals surface area contributed by atoms with E-state index in [-0.39, 0.29) is 35.8 Å². The minimum atomic E-state index is -0.512. The number of hydrogen-bond acceptors (Lipinski definition) is 7. The molecule has 162 valence electrons. The Balaban J connectivity index is 1.66. The number of aromatic nitrogens is 1. The van der Waals surface area contributed by atoms with Gasteiger partial charge in [0.05, 0.1) is 27.1 Å². The summed E-state index contributed by atoms with van der Waals surface area (Å²) in [5.74, 6) is -0.560. The summed E-state index contributed by atoms with van der Waals surface area (Å²) in [7, 11) is 3.04. The second-order valence-corrected chi connectivity index (χ2v) is 6.91. The van der Waals surface area contributed by atoms with E-state index in [0.717, 1.165) is 0 Å². The van der Waals surface area contributed by atoms with Gasteiger partial charge in [-0.2, -0.15) is 0 Å². The maximum absolute atomic E-state index is 12.5. The number of Topliss-reactive ketones (excluding diaryl/α,β-unsaturated/α-hetero) is 4. The van der Waals surface area contributed by atoms with Crippen molar-refractivity contribution in [2.45, 2.75) is 12.8 Å². The lowest BCUT2D eigenvalue weighted by Gasteiger charge is -2.05. The van der Waals surface area contributed by atoms with E-state index in [4.69, 9.17) is 9.47 Å². The zero-order valence-electron chi connectivity index (χ0n) is 17.7. The largest absolute Gasteiger partial charge is 0.497 e. The number of carbonyl (C=O) groups excluding carboxylic acids is 4. The first-order chi connectivity index (χ1) is 15.4. The lowest BCUT2D eigenvalue weighted by Crippen LogP contribution is -2.14. The molecule has 0 spiro atoms. The van der Waals surface area contributed by atoms with E-state index < -0.39 is 11.6 Å². The van der Waals surface area contributed by atoms with Gasteiger partial charge in [0.2, 0.25) is 0 Å². The average Bonchev–Trinajstić information content (AvgIpc) is 2.84. The lowest BCUT2D eigenvalue weighted by atomic mass is 10.0. The molecule has 1 heterocycles. The smallest absolute Gasteiger partial charge is 0.188 e. The van der Waals surface area contributed by atoms with E-state index in [0.29, 0.717) is 22.6 Å². The fourth-order valence-corrected chi connectivity index (χ4v) is 2.98. The molecule has 1 aromatic heterocycles. The highest BCUT2D eigenvalue weighted by Gasteiger charge is 2.19. The van der Waals surface area contributed by atoms with Crippen molar-refractivity contribution in [1.29, 1.82) is 0 Å². The Kier molecular flexibility index (Phi) is 7.23. The van der Waals surface area contributed by atoms with Gasteiger partial charge in [-0.15, -0.1) is 0 Å². The van der Waals surface area contributed by atoms with Crippen molar-refractivity contribution in [1.82, 2.24) is 4.98 Å². The minimum Gasteiger partial charge on any atom is -0.497 e. The third-order valence-electron chi connectivity index (χ3n) is 4.79. The Morgan fingerprint density at radius 2 is 0.969 bits per heavy atom. The molecule has 7 nitrogen and oxygen atoms in total. The van der Waals surface area contributed by atoms with Crippen LogP contribution in [-0.4, -0.2) is 42.3 Å². The molecule has 0 saturated carbocycles. The third-order valence-corrected chi connectivity index (χ3v) is 4.79. The molecule has 0 aliphatic heterocycles. The summed E-state index contributed by atoms with van der Waals surface area (Å²) in [5.41, 5.74) is 0.733. The van der Waals surface area contributed by atoms with Gasteiger partial charge in [-0.05, 0) is 60.7 Å². The summed E-state index contributed by atoms with van der Waals surface area (Å²) in [6.45, 7) is 0. The molecule has 0 saturated heterocycles. The number of carbonyl (C=O) groups is 4. The highest BCUT2D eigenvalue weighted by atomic mass is 16.5. The number of methoxy groups -OCH3 is 2. The normalized spacial score (nSPS) is 10.3. The number of hydrogen-bond donors (Lipinski definition) is 0. The number of nitrogens with zero attached hydrogens (tertiary/aromatic N) is 1. The Morgan fingerprint density at radius 3 is 1.31 bits per heavy atom. The summed E-state index contributed by atoms with van der Waals surface area (Å²) in [6, 6.07) is 17.2. The Bertz CT molecular complexity index is 1060. The van der Waals surface area contributed by atoms with Crippen molar-refractivity contribution in [2.75, 3.05) is 14.2 Å². The molecule has 0 atom stereocenters. The average molecular weight is 431 g/mol. The maximum atomic E-state index is 12.5. The molecule has 3 aromatic rings. The van der Waals surface area contributed by atoms with E-state index in [9.17, 15) is 19.2 Å². The number of ether oxygens (including phenoxy) is 2. The second-order valence-electron chi connectivity index (χ2n) is 6.91. The first-order valence-corrected chi connectivity index (χ1v) is 9.79. The van der Waals surface area contributed by atoms with E-state index in [1.54, 1.807) is 48.5 Å². The van der Waals surface area contributed by atoms with Crippen LogP contribution in [0.25, 0.3) is 0 Å². The first kappa shape index (κ1) is 22.6. The van der Waals surface area contributed by atoms with Crippen LogP contribution in [0.4, 0.5) is 0 Å². The van der Waals surface area contributed by atoms with Gasteiger partial charge >= 0.3 is 0 Å². The first-order valence-electron chi connectivity index (χ1n) is 9.79. The van der Waals surface area contributed by atoms with Gasteiger partial charge in [0.25, 0.3) is 0 Å². The van der Waals surface area contributed by atoms with E-state index >= 15 is 0 Å². The van der Waals surface area contributed by atoms with Gasteiger partial charge in [0.15, 0.2) is 23.1 Å². The van der Waals surface area contributed by atoms with E-state index in [2.05, 4.69) is 4.98 Å². The molecular weight excluding hydrogens is 410 g/mol. The van der Waals surface area contributed by atoms with Crippen LogP contribution in [-0.2, 0) is 0 Å². The standard InChI is InChI=1S/C25H21NO6/c1-31-18-10-6-16(7-11-18)22(27)14-24(29)20-4-3-5-21(26-20)25(30)15-23(28)17-8-12-19(32-2)13-9-17/h3-13H,14-15H2,1-2H3.